The van der Waals surface area contributed by atoms with E-state index in [1.54, 1.807) is 6.07 Å². The minimum Gasteiger partial charge on any atom is -0.477 e. The van der Waals surface area contributed by atoms with Crippen LogP contribution in [0.2, 0.25) is 5.15 Å². The van der Waals surface area contributed by atoms with Gasteiger partial charge in [0.25, 0.3) is 15.9 Å². The van der Waals surface area contributed by atoms with Gasteiger partial charge in [-0.05, 0) is 82.2 Å². The van der Waals surface area contributed by atoms with Crippen LogP contribution in [0.25, 0.3) is 5.82 Å². The van der Waals surface area contributed by atoms with E-state index in [9.17, 15) is 26.4 Å². The standard InChI is InChI=1S/C28H33ClF3N7O4S/c1-27(2)18(9-13-34-27)8-12-33-21-4-3-5-24(35-21)44(41,42)38-26(40)19-6-7-22(36-25(19)29)39-14-10-23(37-39)43-15-11-17-16-20(17)28(30,31)32/h3-7,10,14,17-18,20,34H,8-9,11-13,15-16H2,1-2H3,(H,33,35)(H,38,40). The van der Waals surface area contributed by atoms with Gasteiger partial charge in [-0.1, -0.05) is 17.7 Å². The molecule has 238 valence electrons. The number of hydrogen-bond acceptors (Lipinski definition) is 9. The van der Waals surface area contributed by atoms with E-state index in [0.717, 1.165) is 19.4 Å². The van der Waals surface area contributed by atoms with E-state index < -0.39 is 33.9 Å². The highest BCUT2D eigenvalue weighted by atomic mass is 35.5. The molecule has 1 aliphatic heterocycles. The molecule has 0 spiro atoms. The van der Waals surface area contributed by atoms with Crippen LogP contribution in [0.15, 0.2) is 47.6 Å². The number of rotatable bonds is 12. The Morgan fingerprint density at radius 2 is 1.98 bits per heavy atom. The molecule has 2 fully saturated rings. The van der Waals surface area contributed by atoms with E-state index >= 15 is 0 Å². The Balaban J connectivity index is 1.15. The summed E-state index contributed by atoms with van der Waals surface area (Å²) >= 11 is 6.23. The maximum Gasteiger partial charge on any atom is 0.392 e. The van der Waals surface area contributed by atoms with Gasteiger partial charge >= 0.3 is 6.18 Å². The van der Waals surface area contributed by atoms with Crippen LogP contribution >= 0.6 is 11.6 Å². The number of alkyl halides is 3. The molecule has 4 heterocycles. The summed E-state index contributed by atoms with van der Waals surface area (Å²) in [6.07, 6.45) is -0.338. The van der Waals surface area contributed by atoms with Gasteiger partial charge in [0, 0.05) is 24.3 Å². The van der Waals surface area contributed by atoms with Gasteiger partial charge < -0.3 is 15.4 Å². The number of halogens is 4. The van der Waals surface area contributed by atoms with Crippen LogP contribution in [0, 0.1) is 17.8 Å². The van der Waals surface area contributed by atoms with Gasteiger partial charge in [0.05, 0.1) is 18.1 Å². The molecule has 16 heteroatoms. The average Bonchev–Trinajstić information content (AvgIpc) is 3.46. The van der Waals surface area contributed by atoms with Crippen molar-refractivity contribution in [2.45, 2.75) is 56.3 Å². The number of ether oxygens (including phenoxy) is 1. The number of sulfonamides is 1. The maximum atomic E-state index is 13.0. The largest absolute Gasteiger partial charge is 0.477 e. The second-order valence-corrected chi connectivity index (χ2v) is 13.5. The topological polar surface area (TPSA) is 140 Å². The van der Waals surface area contributed by atoms with E-state index in [0.29, 0.717) is 18.3 Å². The number of carbonyl (C=O) groups is 1. The van der Waals surface area contributed by atoms with Crippen LogP contribution in [0.1, 0.15) is 49.9 Å². The molecule has 3 atom stereocenters. The molecule has 1 saturated carbocycles. The monoisotopic (exact) mass is 655 g/mol. The van der Waals surface area contributed by atoms with Crippen LogP contribution in [-0.2, 0) is 10.0 Å². The van der Waals surface area contributed by atoms with Crippen molar-refractivity contribution in [3.05, 3.63) is 53.3 Å². The van der Waals surface area contributed by atoms with Gasteiger partial charge in [-0.15, -0.1) is 5.10 Å². The predicted molar refractivity (Wildman–Crippen MR) is 156 cm³/mol. The first-order chi connectivity index (χ1) is 20.7. The first-order valence-electron chi connectivity index (χ1n) is 14.2. The van der Waals surface area contributed by atoms with Crippen molar-refractivity contribution in [3.63, 3.8) is 0 Å². The van der Waals surface area contributed by atoms with Crippen molar-refractivity contribution < 1.29 is 31.1 Å². The number of carbonyl (C=O) groups excluding carboxylic acids is 1. The second-order valence-electron chi connectivity index (χ2n) is 11.5. The third-order valence-electron chi connectivity index (χ3n) is 8.08. The van der Waals surface area contributed by atoms with Gasteiger partial charge in [0.2, 0.25) is 5.88 Å². The lowest BCUT2D eigenvalue weighted by atomic mass is 9.86. The zero-order valence-corrected chi connectivity index (χ0v) is 25.6. The zero-order valence-electron chi connectivity index (χ0n) is 24.1. The van der Waals surface area contributed by atoms with Gasteiger partial charge in [0.15, 0.2) is 10.8 Å². The molecular formula is C28H33ClF3N7O4S. The van der Waals surface area contributed by atoms with Crippen LogP contribution in [0.3, 0.4) is 0 Å². The Labute approximate surface area is 258 Å². The molecule has 11 nitrogen and oxygen atoms in total. The Bertz CT molecular complexity index is 1620. The number of amides is 1. The quantitative estimate of drug-likeness (QED) is 0.239. The molecule has 0 bridgehead atoms. The van der Waals surface area contributed by atoms with Gasteiger partial charge in [0.1, 0.15) is 11.0 Å². The molecule has 2 aliphatic rings. The molecule has 3 unspecified atom stereocenters. The zero-order chi connectivity index (χ0) is 31.7. The summed E-state index contributed by atoms with van der Waals surface area (Å²) in [6.45, 7) is 5.98. The summed E-state index contributed by atoms with van der Waals surface area (Å²) < 4.78 is 72.7. The summed E-state index contributed by atoms with van der Waals surface area (Å²) in [5.74, 6) is -1.45. The van der Waals surface area contributed by atoms with Crippen LogP contribution in [0.5, 0.6) is 5.88 Å². The van der Waals surface area contributed by atoms with Crippen molar-refractivity contribution in [1.29, 1.82) is 0 Å². The molecule has 5 rings (SSSR count). The summed E-state index contributed by atoms with van der Waals surface area (Å²) in [5.41, 5.74) is -0.146. The van der Waals surface area contributed by atoms with E-state index in [2.05, 4.69) is 39.5 Å². The smallest absolute Gasteiger partial charge is 0.392 e. The first-order valence-corrected chi connectivity index (χ1v) is 16.0. The number of nitrogens with one attached hydrogen (secondary N) is 3. The lowest BCUT2D eigenvalue weighted by molar-refractivity contribution is -0.151. The fourth-order valence-corrected chi connectivity index (χ4v) is 6.53. The molecule has 1 aliphatic carbocycles. The minimum atomic E-state index is -4.33. The van der Waals surface area contributed by atoms with Crippen LogP contribution in [-0.4, -0.2) is 65.5 Å². The summed E-state index contributed by atoms with van der Waals surface area (Å²) in [6, 6.07) is 8.69. The fraction of sp³-hybridized carbons (Fsp3) is 0.500. The fourth-order valence-electron chi connectivity index (χ4n) is 5.36. The van der Waals surface area contributed by atoms with Crippen LogP contribution in [0.4, 0.5) is 19.0 Å². The summed E-state index contributed by atoms with van der Waals surface area (Å²) in [7, 11) is -4.33. The molecule has 3 N–H and O–H groups in total. The first kappa shape index (κ1) is 32.0. The highest BCUT2D eigenvalue weighted by Crippen LogP contribution is 2.51. The second kappa shape index (κ2) is 12.5. The van der Waals surface area contributed by atoms with Crippen molar-refractivity contribution in [1.82, 2.24) is 29.8 Å². The van der Waals surface area contributed by atoms with Crippen molar-refractivity contribution >= 4 is 33.3 Å². The number of aromatic nitrogens is 4. The van der Waals surface area contributed by atoms with Gasteiger partial charge in [-0.2, -0.15) is 21.6 Å². The Kier molecular flexibility index (Phi) is 9.10. The third kappa shape index (κ3) is 7.61. The van der Waals surface area contributed by atoms with E-state index in [1.807, 2.05) is 4.72 Å². The van der Waals surface area contributed by atoms with Crippen LogP contribution < -0.4 is 20.1 Å². The summed E-state index contributed by atoms with van der Waals surface area (Å²) in [4.78, 5) is 21.2. The van der Waals surface area contributed by atoms with Gasteiger partial charge in [-0.25, -0.2) is 19.4 Å². The highest BCUT2D eigenvalue weighted by Gasteiger charge is 2.55. The molecule has 1 amide bonds. The van der Waals surface area contributed by atoms with Crippen molar-refractivity contribution in [2.75, 3.05) is 25.0 Å². The number of anilines is 1. The lowest BCUT2D eigenvalue weighted by Gasteiger charge is -2.27. The molecule has 0 aromatic carbocycles. The lowest BCUT2D eigenvalue weighted by Crippen LogP contribution is -2.38. The molecule has 44 heavy (non-hydrogen) atoms. The average molecular weight is 656 g/mol. The highest BCUT2D eigenvalue weighted by molar-refractivity contribution is 7.90. The normalized spacial score (nSPS) is 21.2. The van der Waals surface area contributed by atoms with E-state index in [4.69, 9.17) is 16.3 Å². The number of nitrogens with zero attached hydrogens (tertiary/aromatic N) is 4. The molecular weight excluding hydrogens is 623 g/mol. The van der Waals surface area contributed by atoms with Crippen molar-refractivity contribution in [2.24, 2.45) is 17.8 Å². The minimum absolute atomic E-state index is 0.0411. The number of hydrogen-bond donors (Lipinski definition) is 3. The third-order valence-corrected chi connectivity index (χ3v) is 9.60. The Morgan fingerprint density at radius 3 is 2.66 bits per heavy atom. The predicted octanol–water partition coefficient (Wildman–Crippen LogP) is 4.59. The maximum absolute atomic E-state index is 13.0. The molecule has 1 saturated heterocycles. The summed E-state index contributed by atoms with van der Waals surface area (Å²) in [5, 5.41) is 10.2. The molecule has 3 aromatic heterocycles. The number of pyridine rings is 2. The van der Waals surface area contributed by atoms with Gasteiger partial charge in [-0.3, -0.25) is 4.79 Å². The van der Waals surface area contributed by atoms with E-state index in [-0.39, 0.29) is 52.4 Å². The molecule has 3 aromatic rings. The molecule has 0 radical (unpaired) electrons. The van der Waals surface area contributed by atoms with E-state index in [1.165, 1.54) is 41.2 Å². The Hall–Kier alpha value is -3.43. The Morgan fingerprint density at radius 1 is 1.18 bits per heavy atom. The van der Waals surface area contributed by atoms with Crippen molar-refractivity contribution in [3.8, 4) is 11.7 Å². The SMILES string of the molecule is CC1(C)NCCC1CCNc1cccc(S(=O)(=O)NC(=O)c2ccc(-n3ccc(OCCC4CC4C(F)(F)F)n3)nc2Cl)n1.